The van der Waals surface area contributed by atoms with E-state index in [4.69, 9.17) is 0 Å². The molecule has 1 heterocycles. The number of nitrogens with zero attached hydrogens (tertiary/aromatic N) is 1. The second-order valence-electron chi connectivity index (χ2n) is 7.20. The number of carbonyl (C=O) groups is 1. The van der Waals surface area contributed by atoms with E-state index in [0.717, 1.165) is 27.6 Å². The summed E-state index contributed by atoms with van der Waals surface area (Å²) < 4.78 is 2.06. The molecule has 3 heteroatoms. The number of rotatable bonds is 6. The van der Waals surface area contributed by atoms with Gasteiger partial charge in [0.1, 0.15) is 0 Å². The Hall–Kier alpha value is -3.43. The van der Waals surface area contributed by atoms with Gasteiger partial charge in [-0.3, -0.25) is 4.79 Å². The van der Waals surface area contributed by atoms with Gasteiger partial charge in [0.05, 0.1) is 12.3 Å². The Morgan fingerprint density at radius 3 is 2.55 bits per heavy atom. The molecular weight excluding hydrogens is 358 g/mol. The normalized spacial score (nSPS) is 11.4. The van der Waals surface area contributed by atoms with E-state index in [1.807, 2.05) is 91.9 Å². The topological polar surface area (TPSA) is 42.2 Å². The summed E-state index contributed by atoms with van der Waals surface area (Å²) in [6.07, 6.45) is 4.07. The fraction of sp³-hybridized carbons (Fsp3) is 0.115. The predicted octanol–water partition coefficient (Wildman–Crippen LogP) is 5.39. The summed E-state index contributed by atoms with van der Waals surface area (Å²) in [5, 5.41) is 10.4. The number of aliphatic hydroxyl groups is 1. The van der Waals surface area contributed by atoms with Gasteiger partial charge in [-0.05, 0) is 36.2 Å². The maximum absolute atomic E-state index is 13.2. The van der Waals surface area contributed by atoms with E-state index in [0.29, 0.717) is 17.8 Å². The van der Waals surface area contributed by atoms with E-state index in [2.05, 4.69) is 10.6 Å². The molecule has 144 valence electrons. The molecule has 3 nitrogen and oxygen atoms in total. The number of carbonyl (C=O) groups excluding carboxylic acids is 1. The zero-order valence-corrected chi connectivity index (χ0v) is 16.4. The molecule has 0 saturated heterocycles. The van der Waals surface area contributed by atoms with Crippen molar-refractivity contribution in [3.8, 4) is 0 Å². The number of hydrogen-bond donors (Lipinski definition) is 1. The van der Waals surface area contributed by atoms with E-state index >= 15 is 0 Å². The molecule has 3 aromatic carbocycles. The Morgan fingerprint density at radius 2 is 1.76 bits per heavy atom. The molecule has 1 N–H and O–H groups in total. The number of benzene rings is 3. The van der Waals surface area contributed by atoms with Crippen molar-refractivity contribution in [3.63, 3.8) is 0 Å². The van der Waals surface area contributed by atoms with Crippen molar-refractivity contribution in [1.82, 2.24) is 4.57 Å². The fourth-order valence-electron chi connectivity index (χ4n) is 3.54. The summed E-state index contributed by atoms with van der Waals surface area (Å²) in [6, 6.07) is 25.5. The first-order valence-electron chi connectivity index (χ1n) is 9.72. The molecule has 0 amide bonds. The fourth-order valence-corrected chi connectivity index (χ4v) is 3.54. The smallest absolute Gasteiger partial charge is 0.209 e. The minimum atomic E-state index is 0.0249. The van der Waals surface area contributed by atoms with Gasteiger partial charge in [-0.1, -0.05) is 78.4 Å². The highest BCUT2D eigenvalue weighted by Gasteiger charge is 2.16. The third-order valence-corrected chi connectivity index (χ3v) is 5.09. The molecule has 0 atom stereocenters. The average Bonchev–Trinajstić information content (AvgIpc) is 3.12. The van der Waals surface area contributed by atoms with Crippen LogP contribution in [0.3, 0.4) is 0 Å². The lowest BCUT2D eigenvalue weighted by atomic mass is 10.1. The lowest BCUT2D eigenvalue weighted by Gasteiger charge is -2.08. The number of fused-ring (bicyclic) bond motifs is 1. The number of allylic oxidation sites excluding steroid dienone is 1. The third kappa shape index (κ3) is 4.05. The summed E-state index contributed by atoms with van der Waals surface area (Å²) >= 11 is 0. The van der Waals surface area contributed by atoms with Crippen molar-refractivity contribution in [2.45, 2.75) is 20.1 Å². The van der Waals surface area contributed by atoms with E-state index in [9.17, 15) is 9.90 Å². The predicted molar refractivity (Wildman–Crippen MR) is 118 cm³/mol. The van der Waals surface area contributed by atoms with Crippen LogP contribution in [0.4, 0.5) is 0 Å². The van der Waals surface area contributed by atoms with Crippen LogP contribution in [0.15, 0.2) is 84.9 Å². The first-order valence-corrected chi connectivity index (χ1v) is 9.72. The Kier molecular flexibility index (Phi) is 5.41. The molecule has 1 aromatic heterocycles. The lowest BCUT2D eigenvalue weighted by molar-refractivity contribution is 0.103. The van der Waals surface area contributed by atoms with Crippen molar-refractivity contribution < 1.29 is 9.90 Å². The molecular formula is C26H23NO2. The molecule has 0 unspecified atom stereocenters. The molecule has 0 fully saturated rings. The van der Waals surface area contributed by atoms with Crippen molar-refractivity contribution >= 4 is 22.8 Å². The van der Waals surface area contributed by atoms with E-state index in [-0.39, 0.29) is 12.4 Å². The summed E-state index contributed by atoms with van der Waals surface area (Å²) in [4.78, 5) is 13.2. The molecule has 0 radical (unpaired) electrons. The molecule has 4 rings (SSSR count). The van der Waals surface area contributed by atoms with Gasteiger partial charge in [0.2, 0.25) is 5.78 Å². The first kappa shape index (κ1) is 18.9. The van der Waals surface area contributed by atoms with Gasteiger partial charge in [0, 0.05) is 23.0 Å². The zero-order chi connectivity index (χ0) is 20.2. The monoisotopic (exact) mass is 381 g/mol. The first-order chi connectivity index (χ1) is 14.2. The van der Waals surface area contributed by atoms with Gasteiger partial charge in [-0.2, -0.15) is 0 Å². The van der Waals surface area contributed by atoms with E-state index in [1.54, 1.807) is 0 Å². The minimum Gasteiger partial charge on any atom is -0.392 e. The maximum Gasteiger partial charge on any atom is 0.209 e. The van der Waals surface area contributed by atoms with Gasteiger partial charge in [-0.25, -0.2) is 0 Å². The summed E-state index contributed by atoms with van der Waals surface area (Å²) in [6.45, 7) is 2.63. The van der Waals surface area contributed by atoms with Crippen LogP contribution in [0.1, 0.15) is 32.7 Å². The van der Waals surface area contributed by atoms with Gasteiger partial charge in [-0.15, -0.1) is 0 Å². The molecule has 0 aliphatic carbocycles. The number of aliphatic hydroxyl groups excluding tert-OH is 1. The SMILES string of the molecule is Cc1ccc(C(=O)c2cc3ccccc3n2C/C=C/c2cccc(CO)c2)cc1. The number of hydrogen-bond acceptors (Lipinski definition) is 2. The molecule has 4 aromatic rings. The zero-order valence-electron chi connectivity index (χ0n) is 16.4. The number of para-hydroxylation sites is 1. The van der Waals surface area contributed by atoms with Crippen LogP contribution in [0, 0.1) is 6.92 Å². The van der Waals surface area contributed by atoms with Gasteiger partial charge >= 0.3 is 0 Å². The number of ketones is 1. The molecule has 0 bridgehead atoms. The number of aromatic nitrogens is 1. The summed E-state index contributed by atoms with van der Waals surface area (Å²) in [7, 11) is 0. The second kappa shape index (κ2) is 8.29. The Morgan fingerprint density at radius 1 is 0.966 bits per heavy atom. The van der Waals surface area contributed by atoms with Crippen LogP contribution in [0.5, 0.6) is 0 Å². The standard InChI is InChI=1S/C26H23NO2/c1-19-11-13-22(14-12-19)26(29)25-17-23-9-2-3-10-24(23)27(25)15-5-8-20-6-4-7-21(16-20)18-28/h2-14,16-17,28H,15,18H2,1H3/b8-5+. The molecule has 0 saturated carbocycles. The number of aryl methyl sites for hydroxylation is 1. The second-order valence-corrected chi connectivity index (χ2v) is 7.20. The average molecular weight is 381 g/mol. The minimum absolute atomic E-state index is 0.0249. The van der Waals surface area contributed by atoms with E-state index < -0.39 is 0 Å². The Bertz CT molecular complexity index is 1180. The Labute approximate surface area is 170 Å². The maximum atomic E-state index is 13.2. The van der Waals surface area contributed by atoms with Crippen LogP contribution in [0.25, 0.3) is 17.0 Å². The summed E-state index contributed by atoms with van der Waals surface area (Å²) in [5.41, 5.74) is 5.46. The highest BCUT2D eigenvalue weighted by atomic mass is 16.3. The molecule has 29 heavy (non-hydrogen) atoms. The highest BCUT2D eigenvalue weighted by Crippen LogP contribution is 2.23. The highest BCUT2D eigenvalue weighted by molar-refractivity contribution is 6.10. The molecule has 0 spiro atoms. The largest absolute Gasteiger partial charge is 0.392 e. The molecule has 0 aliphatic heterocycles. The van der Waals surface area contributed by atoms with Crippen molar-refractivity contribution in [2.75, 3.05) is 0 Å². The van der Waals surface area contributed by atoms with Crippen LogP contribution in [-0.2, 0) is 13.2 Å². The van der Waals surface area contributed by atoms with Crippen LogP contribution in [0.2, 0.25) is 0 Å². The lowest BCUT2D eigenvalue weighted by Crippen LogP contribution is -2.09. The van der Waals surface area contributed by atoms with Crippen molar-refractivity contribution in [3.05, 3.63) is 113 Å². The van der Waals surface area contributed by atoms with Crippen LogP contribution < -0.4 is 0 Å². The van der Waals surface area contributed by atoms with Crippen molar-refractivity contribution in [2.24, 2.45) is 0 Å². The van der Waals surface area contributed by atoms with E-state index in [1.165, 1.54) is 0 Å². The van der Waals surface area contributed by atoms with Crippen LogP contribution in [-0.4, -0.2) is 15.5 Å². The molecule has 0 aliphatic rings. The van der Waals surface area contributed by atoms with Crippen molar-refractivity contribution in [1.29, 1.82) is 0 Å². The van der Waals surface area contributed by atoms with Gasteiger partial charge < -0.3 is 9.67 Å². The van der Waals surface area contributed by atoms with Gasteiger partial charge in [0.25, 0.3) is 0 Å². The van der Waals surface area contributed by atoms with Crippen LogP contribution >= 0.6 is 0 Å². The van der Waals surface area contributed by atoms with Gasteiger partial charge in [0.15, 0.2) is 0 Å². The third-order valence-electron chi connectivity index (χ3n) is 5.09. The quantitative estimate of drug-likeness (QED) is 0.455. The summed E-state index contributed by atoms with van der Waals surface area (Å²) in [5.74, 6) is 0.0249. The Balaban J connectivity index is 1.69.